The van der Waals surface area contributed by atoms with Crippen LogP contribution < -0.4 is 0 Å². The topological polar surface area (TPSA) is 107 Å². The first-order valence-corrected chi connectivity index (χ1v) is 4.83. The Morgan fingerprint density at radius 1 is 1.29 bits per heavy atom. The molecular formula is C10H12N2O5. The van der Waals surface area contributed by atoms with Crippen molar-refractivity contribution in [2.45, 2.75) is 25.5 Å². The van der Waals surface area contributed by atoms with Gasteiger partial charge in [-0.1, -0.05) is 12.1 Å². The van der Waals surface area contributed by atoms with Crippen molar-refractivity contribution < 1.29 is 15.0 Å². The van der Waals surface area contributed by atoms with Gasteiger partial charge in [0.25, 0.3) is 5.69 Å². The van der Waals surface area contributed by atoms with Gasteiger partial charge in [0.1, 0.15) is 6.10 Å². The molecule has 0 saturated heterocycles. The van der Waals surface area contributed by atoms with Crippen molar-refractivity contribution in [1.82, 2.24) is 0 Å². The van der Waals surface area contributed by atoms with Crippen LogP contribution in [0.3, 0.4) is 0 Å². The summed E-state index contributed by atoms with van der Waals surface area (Å²) in [6, 6.07) is 5.20. The maximum absolute atomic E-state index is 10.8. The molecule has 0 aromatic heterocycles. The van der Waals surface area contributed by atoms with E-state index < -0.39 is 21.5 Å². The van der Waals surface area contributed by atoms with E-state index in [1.165, 1.54) is 32.0 Å². The zero-order chi connectivity index (χ0) is 13.2. The second kappa shape index (κ2) is 4.46. The van der Waals surface area contributed by atoms with E-state index in [1.54, 1.807) is 0 Å². The number of aliphatic hydroxyl groups excluding tert-OH is 1. The Kier molecular flexibility index (Phi) is 3.42. The number of nitrogens with zero attached hydrogens (tertiary/aromatic N) is 2. The summed E-state index contributed by atoms with van der Waals surface area (Å²) in [4.78, 5) is 20.1. The minimum atomic E-state index is -1.60. The molecule has 1 unspecified atom stereocenters. The summed E-state index contributed by atoms with van der Waals surface area (Å²) in [5, 5.41) is 31.2. The fourth-order valence-electron chi connectivity index (χ4n) is 1.32. The summed E-state index contributed by atoms with van der Waals surface area (Å²) in [6.45, 7) is 2.52. The predicted octanol–water partition coefficient (Wildman–Crippen LogP) is 1.68. The number of nitro groups is 2. The molecule has 0 saturated carbocycles. The summed E-state index contributed by atoms with van der Waals surface area (Å²) >= 11 is 0. The lowest BCUT2D eigenvalue weighted by Crippen LogP contribution is -2.38. The lowest BCUT2D eigenvalue weighted by molar-refractivity contribution is -0.575. The maximum atomic E-state index is 10.8. The summed E-state index contributed by atoms with van der Waals surface area (Å²) in [7, 11) is 0. The zero-order valence-electron chi connectivity index (χ0n) is 9.36. The molecule has 0 fully saturated rings. The molecule has 92 valence electrons. The summed E-state index contributed by atoms with van der Waals surface area (Å²) in [6.07, 6.45) is -1.41. The zero-order valence-corrected chi connectivity index (χ0v) is 9.36. The Bertz CT molecular complexity index is 458. The SMILES string of the molecule is CC(C)(C(O)c1cccc([N+](=O)[O-])c1)[N+](=O)[O-]. The van der Waals surface area contributed by atoms with Gasteiger partial charge >= 0.3 is 0 Å². The number of hydrogen-bond acceptors (Lipinski definition) is 5. The third-order valence-corrected chi connectivity index (χ3v) is 2.54. The molecule has 0 aliphatic carbocycles. The van der Waals surface area contributed by atoms with Crippen LogP contribution >= 0.6 is 0 Å². The summed E-state index contributed by atoms with van der Waals surface area (Å²) < 4.78 is 0. The van der Waals surface area contributed by atoms with E-state index in [1.807, 2.05) is 0 Å². The van der Waals surface area contributed by atoms with Crippen LogP contribution in [0.5, 0.6) is 0 Å². The second-order valence-corrected chi connectivity index (χ2v) is 4.17. The molecule has 0 amide bonds. The second-order valence-electron chi connectivity index (χ2n) is 4.17. The van der Waals surface area contributed by atoms with E-state index >= 15 is 0 Å². The lowest BCUT2D eigenvalue weighted by Gasteiger charge is -2.22. The first-order valence-electron chi connectivity index (χ1n) is 4.83. The third-order valence-electron chi connectivity index (χ3n) is 2.54. The maximum Gasteiger partial charge on any atom is 0.269 e. The van der Waals surface area contributed by atoms with Gasteiger partial charge in [0.2, 0.25) is 5.54 Å². The smallest absolute Gasteiger partial charge is 0.269 e. The molecule has 7 nitrogen and oxygen atoms in total. The van der Waals surface area contributed by atoms with Gasteiger partial charge in [0.05, 0.1) is 4.92 Å². The highest BCUT2D eigenvalue weighted by Crippen LogP contribution is 2.29. The molecule has 7 heteroatoms. The van der Waals surface area contributed by atoms with E-state index in [-0.39, 0.29) is 11.3 Å². The normalized spacial score (nSPS) is 13.1. The molecule has 0 radical (unpaired) electrons. The lowest BCUT2D eigenvalue weighted by atomic mass is 9.92. The van der Waals surface area contributed by atoms with Crippen molar-refractivity contribution in [3.63, 3.8) is 0 Å². The Labute approximate surface area is 97.0 Å². The molecular weight excluding hydrogens is 228 g/mol. The van der Waals surface area contributed by atoms with E-state index in [0.717, 1.165) is 6.07 Å². The third kappa shape index (κ3) is 2.56. The van der Waals surface area contributed by atoms with Crippen LogP contribution in [-0.4, -0.2) is 20.5 Å². The number of nitro benzene ring substituents is 1. The van der Waals surface area contributed by atoms with Gasteiger partial charge in [-0.05, 0) is 5.56 Å². The molecule has 1 aromatic rings. The molecule has 0 spiro atoms. The highest BCUT2D eigenvalue weighted by atomic mass is 16.6. The Morgan fingerprint density at radius 2 is 1.88 bits per heavy atom. The first-order chi connectivity index (χ1) is 7.76. The van der Waals surface area contributed by atoms with Crippen LogP contribution in [0.1, 0.15) is 25.5 Å². The first kappa shape index (κ1) is 13.0. The van der Waals surface area contributed by atoms with Crippen molar-refractivity contribution in [3.05, 3.63) is 50.1 Å². The average Bonchev–Trinajstić information content (AvgIpc) is 2.27. The number of non-ortho nitro benzene ring substituents is 1. The van der Waals surface area contributed by atoms with Crippen molar-refractivity contribution in [2.24, 2.45) is 0 Å². The van der Waals surface area contributed by atoms with Gasteiger partial charge in [-0.2, -0.15) is 0 Å². The van der Waals surface area contributed by atoms with Crippen LogP contribution in [0.2, 0.25) is 0 Å². The summed E-state index contributed by atoms with van der Waals surface area (Å²) in [5.41, 5.74) is -1.66. The Balaban J connectivity index is 3.13. The average molecular weight is 240 g/mol. The molecule has 1 aromatic carbocycles. The molecule has 1 rings (SSSR count). The molecule has 1 N–H and O–H groups in total. The quantitative estimate of drug-likeness (QED) is 0.636. The fourth-order valence-corrected chi connectivity index (χ4v) is 1.32. The Morgan fingerprint density at radius 3 is 2.35 bits per heavy atom. The van der Waals surface area contributed by atoms with Crippen LogP contribution in [0.25, 0.3) is 0 Å². The van der Waals surface area contributed by atoms with Crippen molar-refractivity contribution in [3.8, 4) is 0 Å². The number of aliphatic hydroxyl groups is 1. The van der Waals surface area contributed by atoms with Gasteiger partial charge in [-0.25, -0.2) is 0 Å². The highest BCUT2D eigenvalue weighted by molar-refractivity contribution is 5.36. The van der Waals surface area contributed by atoms with Crippen molar-refractivity contribution in [1.29, 1.82) is 0 Å². The van der Waals surface area contributed by atoms with Gasteiger partial charge in [0.15, 0.2) is 0 Å². The number of rotatable bonds is 4. The number of benzene rings is 1. The monoisotopic (exact) mass is 240 g/mol. The number of hydrogen-bond donors (Lipinski definition) is 1. The summed E-state index contributed by atoms with van der Waals surface area (Å²) in [5.74, 6) is 0. The van der Waals surface area contributed by atoms with Crippen LogP contribution in [0.15, 0.2) is 24.3 Å². The van der Waals surface area contributed by atoms with Crippen molar-refractivity contribution >= 4 is 5.69 Å². The van der Waals surface area contributed by atoms with E-state index in [9.17, 15) is 25.3 Å². The van der Waals surface area contributed by atoms with Crippen LogP contribution in [0, 0.1) is 20.2 Å². The van der Waals surface area contributed by atoms with Gasteiger partial charge in [-0.15, -0.1) is 0 Å². The minimum absolute atomic E-state index is 0.154. The Hall–Kier alpha value is -2.02. The molecule has 0 aliphatic rings. The largest absolute Gasteiger partial charge is 0.381 e. The highest BCUT2D eigenvalue weighted by Gasteiger charge is 2.41. The van der Waals surface area contributed by atoms with E-state index in [4.69, 9.17) is 0 Å². The fraction of sp³-hybridized carbons (Fsp3) is 0.400. The van der Waals surface area contributed by atoms with Gasteiger partial charge in [-0.3, -0.25) is 20.2 Å². The molecule has 17 heavy (non-hydrogen) atoms. The minimum Gasteiger partial charge on any atom is -0.381 e. The van der Waals surface area contributed by atoms with Crippen LogP contribution in [-0.2, 0) is 0 Å². The van der Waals surface area contributed by atoms with Crippen molar-refractivity contribution in [2.75, 3.05) is 0 Å². The van der Waals surface area contributed by atoms with Crippen LogP contribution in [0.4, 0.5) is 5.69 Å². The molecule has 0 bridgehead atoms. The van der Waals surface area contributed by atoms with Gasteiger partial charge < -0.3 is 5.11 Å². The molecule has 0 aliphatic heterocycles. The predicted molar refractivity (Wildman–Crippen MR) is 59.1 cm³/mol. The van der Waals surface area contributed by atoms with E-state index in [2.05, 4.69) is 0 Å². The van der Waals surface area contributed by atoms with E-state index in [0.29, 0.717) is 0 Å². The molecule has 1 atom stereocenters. The standard InChI is InChI=1S/C10H12N2O5/c1-10(2,12(16)17)9(13)7-4-3-5-8(6-7)11(14)15/h3-6,9,13H,1-2H3. The van der Waals surface area contributed by atoms with Gasteiger partial charge in [0, 0.05) is 30.9 Å². The molecule has 0 heterocycles.